The lowest BCUT2D eigenvalue weighted by Crippen LogP contribution is -2.57. The van der Waals surface area contributed by atoms with Gasteiger partial charge in [-0.25, -0.2) is 4.98 Å². The van der Waals surface area contributed by atoms with Crippen LogP contribution in [0.1, 0.15) is 74.4 Å². The molecular weight excluding hydrogens is 866 g/mol. The Kier molecular flexibility index (Phi) is 16.4. The molecule has 4 aromatic carbocycles. The third-order valence-corrected chi connectivity index (χ3v) is 12.3. The fourth-order valence-electron chi connectivity index (χ4n) is 7.72. The average molecular weight is 923 g/mol. The Morgan fingerprint density at radius 1 is 0.831 bits per heavy atom. The minimum Gasteiger partial charge on any atom is -0.508 e. The van der Waals surface area contributed by atoms with E-state index in [0.29, 0.717) is 18.1 Å². The summed E-state index contributed by atoms with van der Waals surface area (Å²) in [5.41, 5.74) is 8.45. The summed E-state index contributed by atoms with van der Waals surface area (Å²) >= 11 is 7.83. The molecule has 0 radical (unpaired) electrons. The number of aromatic hydroxyl groups is 2. The van der Waals surface area contributed by atoms with Crippen molar-refractivity contribution in [2.24, 2.45) is 5.41 Å². The number of aromatic nitrogens is 1. The fourth-order valence-corrected chi connectivity index (χ4v) is 8.72. The first kappa shape index (κ1) is 48.2. The molecule has 0 spiro atoms. The fraction of sp³-hybridized carbons (Fsp3) is 0.340. The Balaban J connectivity index is 0.984. The van der Waals surface area contributed by atoms with Gasteiger partial charge in [0.05, 0.1) is 28.7 Å². The van der Waals surface area contributed by atoms with Crippen LogP contribution < -0.4 is 20.7 Å². The van der Waals surface area contributed by atoms with Crippen LogP contribution in [0.25, 0.3) is 21.6 Å². The third-order valence-electron chi connectivity index (χ3n) is 11.1. The molecule has 1 aliphatic heterocycles. The van der Waals surface area contributed by atoms with E-state index in [0.717, 1.165) is 49.5 Å². The largest absolute Gasteiger partial charge is 0.508 e. The number of benzene rings is 4. The van der Waals surface area contributed by atoms with Crippen LogP contribution in [0.2, 0.25) is 0 Å². The quantitative estimate of drug-likeness (QED) is 0.0300. The number of hydrogen-bond acceptors (Lipinski definition) is 10. The Morgan fingerprint density at radius 3 is 2.02 bits per heavy atom. The molecule has 65 heavy (non-hydrogen) atoms. The number of phenols is 2. The van der Waals surface area contributed by atoms with Crippen LogP contribution in [0.5, 0.6) is 17.2 Å². The second-order valence-electron chi connectivity index (χ2n) is 17.1. The summed E-state index contributed by atoms with van der Waals surface area (Å²) < 4.78 is 5.92. The summed E-state index contributed by atoms with van der Waals surface area (Å²) in [6.07, 6.45) is -0.581. The van der Waals surface area contributed by atoms with Gasteiger partial charge in [-0.15, -0.1) is 22.9 Å². The first-order valence-corrected chi connectivity index (χ1v) is 23.0. The lowest BCUT2D eigenvalue weighted by Gasteiger charge is -2.35. The number of β-amino-alcohol motifs (C(OH)–C–C–N with tert-alkyl or cyclic N) is 1. The van der Waals surface area contributed by atoms with Gasteiger partial charge in [0.15, 0.2) is 0 Å². The number of hydrogen-bond donors (Lipinski definition) is 6. The highest BCUT2D eigenvalue weighted by Gasteiger charge is 2.44. The van der Waals surface area contributed by atoms with Gasteiger partial charge in [-0.2, -0.15) is 0 Å². The number of carbonyl (C=O) groups excluding carboxylic acids is 4. The van der Waals surface area contributed by atoms with Crippen molar-refractivity contribution in [2.45, 2.75) is 78.1 Å². The zero-order valence-corrected chi connectivity index (χ0v) is 38.5. The van der Waals surface area contributed by atoms with Crippen molar-refractivity contribution in [2.75, 3.05) is 25.6 Å². The highest BCUT2D eigenvalue weighted by molar-refractivity contribution is 7.13. The van der Waals surface area contributed by atoms with E-state index in [1.807, 2.05) is 79.7 Å². The summed E-state index contributed by atoms with van der Waals surface area (Å²) in [4.78, 5) is 60.2. The van der Waals surface area contributed by atoms with E-state index < -0.39 is 41.3 Å². The maximum atomic E-state index is 14.0. The molecule has 1 aliphatic rings. The maximum Gasteiger partial charge on any atom is 0.246 e. The van der Waals surface area contributed by atoms with E-state index in [-0.39, 0.29) is 62.9 Å². The molecule has 6 N–H and O–H groups in total. The van der Waals surface area contributed by atoms with Crippen molar-refractivity contribution in [3.8, 4) is 27.7 Å². The molecule has 6 rings (SSSR count). The van der Waals surface area contributed by atoms with Gasteiger partial charge in [-0.05, 0) is 94.1 Å². The van der Waals surface area contributed by atoms with Gasteiger partial charge in [-0.3, -0.25) is 19.2 Å². The highest BCUT2D eigenvalue weighted by Crippen LogP contribution is 2.37. The monoisotopic (exact) mass is 921 g/mol. The number of ether oxygens (including phenoxy) is 1. The summed E-state index contributed by atoms with van der Waals surface area (Å²) in [5, 5.41) is 38.9. The van der Waals surface area contributed by atoms with Crippen molar-refractivity contribution in [1.29, 1.82) is 0 Å². The van der Waals surface area contributed by atoms with Crippen molar-refractivity contribution < 1.29 is 39.2 Å². The molecule has 3 atom stereocenters. The number of carbonyl (C=O) groups is 4. The van der Waals surface area contributed by atoms with E-state index in [4.69, 9.17) is 16.3 Å². The Bertz CT molecular complexity index is 2450. The topological polar surface area (TPSA) is 190 Å². The number of nitrogens with zero attached hydrogens (tertiary/aromatic N) is 2. The number of thiazole rings is 1. The van der Waals surface area contributed by atoms with E-state index in [1.54, 1.807) is 61.9 Å². The summed E-state index contributed by atoms with van der Waals surface area (Å²) in [6, 6.07) is 27.2. The number of halogens is 1. The number of likely N-dealkylation sites (tertiary alicyclic amines) is 1. The molecule has 0 aliphatic carbocycles. The smallest absolute Gasteiger partial charge is 0.246 e. The van der Waals surface area contributed by atoms with Gasteiger partial charge in [0, 0.05) is 38.2 Å². The highest BCUT2D eigenvalue weighted by atomic mass is 35.5. The number of alkyl halides is 1. The number of amides is 4. The Morgan fingerprint density at radius 2 is 1.43 bits per heavy atom. The van der Waals surface area contributed by atoms with Gasteiger partial charge in [0.1, 0.15) is 35.9 Å². The molecule has 15 heteroatoms. The van der Waals surface area contributed by atoms with Crippen molar-refractivity contribution >= 4 is 57.7 Å². The zero-order valence-electron chi connectivity index (χ0n) is 37.0. The molecule has 13 nitrogen and oxygen atoms in total. The van der Waals surface area contributed by atoms with Crippen molar-refractivity contribution in [1.82, 2.24) is 25.8 Å². The second kappa shape index (κ2) is 22.1. The SMILES string of the molecule is Cc1ncsc1-c1ccc(CNC(=O)[C@@H]2C[C@@H](O)CN2C(=O)[C@@H](NC(=O)CCC(=O)NCCOc2ccc(C(=C(CCCl)c3ccc(O)cc3)c3ccc(O)cc3)cc2)C(C)(C)C)cc1. The van der Waals surface area contributed by atoms with Gasteiger partial charge in [-0.1, -0.05) is 81.4 Å². The van der Waals surface area contributed by atoms with Gasteiger partial charge < -0.3 is 40.9 Å². The molecule has 342 valence electrons. The molecule has 2 heterocycles. The van der Waals surface area contributed by atoms with Crippen LogP contribution in [-0.4, -0.2) is 92.6 Å². The van der Waals surface area contributed by atoms with E-state index in [2.05, 4.69) is 20.9 Å². The van der Waals surface area contributed by atoms with E-state index in [9.17, 15) is 34.5 Å². The molecule has 1 fully saturated rings. The molecule has 0 unspecified atom stereocenters. The maximum absolute atomic E-state index is 14.0. The van der Waals surface area contributed by atoms with Crippen LogP contribution >= 0.6 is 22.9 Å². The van der Waals surface area contributed by atoms with Gasteiger partial charge in [0.25, 0.3) is 0 Å². The average Bonchev–Trinajstić information content (AvgIpc) is 3.91. The number of aliphatic hydroxyl groups excluding tert-OH is 1. The summed E-state index contributed by atoms with van der Waals surface area (Å²) in [6.45, 7) is 7.90. The predicted octanol–water partition coefficient (Wildman–Crippen LogP) is 7.20. The van der Waals surface area contributed by atoms with Crippen LogP contribution in [-0.2, 0) is 25.7 Å². The summed E-state index contributed by atoms with van der Waals surface area (Å²) in [5.74, 6) is -0.503. The normalized spacial score (nSPS) is 15.8. The minimum absolute atomic E-state index is 0.0503. The lowest BCUT2D eigenvalue weighted by molar-refractivity contribution is -0.144. The van der Waals surface area contributed by atoms with Gasteiger partial charge >= 0.3 is 0 Å². The van der Waals surface area contributed by atoms with E-state index in [1.165, 1.54) is 4.90 Å². The number of aliphatic hydroxyl groups is 1. The van der Waals surface area contributed by atoms with Crippen molar-refractivity contribution in [3.63, 3.8) is 0 Å². The molecule has 1 aromatic heterocycles. The number of allylic oxidation sites excluding steroid dienone is 1. The van der Waals surface area contributed by atoms with E-state index >= 15 is 0 Å². The summed E-state index contributed by atoms with van der Waals surface area (Å²) in [7, 11) is 0. The van der Waals surface area contributed by atoms with Gasteiger partial charge in [0.2, 0.25) is 23.6 Å². The Labute approximate surface area is 388 Å². The van der Waals surface area contributed by atoms with Crippen LogP contribution in [0.4, 0.5) is 0 Å². The standard InChI is InChI=1S/C50H56ClN5O8S/c1-31-46(65-30-54-31)36-7-5-32(6-8-36)28-53-48(62)42-27-39(59)29-56(42)49(63)47(50(2,3)4)55-44(61)22-21-43(60)52-25-26-64-40-19-13-35(14-20-40)45(34-11-17-38(58)18-12-34)41(23-24-51)33-9-15-37(57)16-10-33/h5-20,30,39,42,47,57-59H,21-29H2,1-4H3,(H,52,60)(H,53,62)(H,55,61)/t39-,42+,47-/m1/s1. The second-order valence-corrected chi connectivity index (χ2v) is 18.3. The minimum atomic E-state index is -1.02. The third kappa shape index (κ3) is 13.0. The van der Waals surface area contributed by atoms with Crippen LogP contribution in [0.15, 0.2) is 103 Å². The number of nitrogens with one attached hydrogen (secondary N) is 3. The molecule has 5 aromatic rings. The Hall–Kier alpha value is -6.22. The molecule has 4 amide bonds. The van der Waals surface area contributed by atoms with Crippen LogP contribution in [0.3, 0.4) is 0 Å². The molecular formula is C50H56ClN5O8S. The number of phenolic OH excluding ortho intramolecular Hbond substituents is 2. The van der Waals surface area contributed by atoms with Crippen molar-refractivity contribution in [3.05, 3.63) is 131 Å². The predicted molar refractivity (Wildman–Crippen MR) is 253 cm³/mol. The van der Waals surface area contributed by atoms with Crippen LogP contribution in [0, 0.1) is 12.3 Å². The first-order chi connectivity index (χ1) is 31.1. The zero-order chi connectivity index (χ0) is 46.7. The molecule has 0 bridgehead atoms. The number of rotatable bonds is 18. The first-order valence-electron chi connectivity index (χ1n) is 21.5. The number of aryl methyl sites for hydroxylation is 1. The molecule has 1 saturated heterocycles. The lowest BCUT2D eigenvalue weighted by atomic mass is 9.85. The molecule has 0 saturated carbocycles.